The molecule has 1 saturated carbocycles. The molecule has 1 aliphatic carbocycles. The predicted octanol–water partition coefficient (Wildman–Crippen LogP) is 5.76. The number of hydrogen-bond donors (Lipinski definition) is 1. The molecule has 1 aromatic heterocycles. The average molecular weight is 373 g/mol. The van der Waals surface area contributed by atoms with E-state index < -0.39 is 0 Å². The first-order valence-electron chi connectivity index (χ1n) is 10.4. The molecule has 1 fully saturated rings. The molecule has 0 unspecified atom stereocenters. The van der Waals surface area contributed by atoms with Gasteiger partial charge in [0.1, 0.15) is 0 Å². The molecule has 1 heterocycles. The molecule has 0 radical (unpaired) electrons. The summed E-state index contributed by atoms with van der Waals surface area (Å²) < 4.78 is 2.19. The van der Waals surface area contributed by atoms with Crippen molar-refractivity contribution in [1.29, 1.82) is 0 Å². The summed E-state index contributed by atoms with van der Waals surface area (Å²) in [6, 6.07) is 22.6. The molecule has 2 aromatic carbocycles. The number of benzene rings is 2. The number of nitrogens with one attached hydrogen (secondary N) is 1. The van der Waals surface area contributed by atoms with Crippen LogP contribution >= 0.6 is 0 Å². The summed E-state index contributed by atoms with van der Waals surface area (Å²) in [6.07, 6.45) is 6.40. The summed E-state index contributed by atoms with van der Waals surface area (Å²) in [5.41, 5.74) is 4.97. The van der Waals surface area contributed by atoms with Crippen LogP contribution in [0.1, 0.15) is 48.2 Å². The molecule has 4 rings (SSSR count). The number of carbonyl (C=O) groups excluding carboxylic acids is 1. The topological polar surface area (TPSA) is 34.0 Å². The van der Waals surface area contributed by atoms with Crippen LogP contribution in [-0.4, -0.2) is 17.0 Å². The van der Waals surface area contributed by atoms with E-state index in [2.05, 4.69) is 34.1 Å². The predicted molar refractivity (Wildman–Crippen MR) is 115 cm³/mol. The quantitative estimate of drug-likeness (QED) is 0.607. The standard InChI is InChI=1S/C25H28N2O/c1-19-23(25(28)26-18-20-11-5-2-6-12-20)17-24(21-13-7-3-8-14-21)27(19)22-15-9-4-10-16-22/h3-4,7-10,13-17,20H,2,5-6,11-12,18H2,1H3,(H,26,28). The zero-order valence-corrected chi connectivity index (χ0v) is 16.5. The van der Waals surface area contributed by atoms with Gasteiger partial charge in [-0.05, 0) is 49.4 Å². The van der Waals surface area contributed by atoms with Crippen molar-refractivity contribution in [1.82, 2.24) is 9.88 Å². The van der Waals surface area contributed by atoms with Crippen LogP contribution in [0.4, 0.5) is 0 Å². The maximum absolute atomic E-state index is 13.0. The minimum absolute atomic E-state index is 0.0370. The third kappa shape index (κ3) is 3.89. The molecule has 0 aliphatic heterocycles. The van der Waals surface area contributed by atoms with E-state index in [0.717, 1.165) is 34.7 Å². The summed E-state index contributed by atoms with van der Waals surface area (Å²) in [4.78, 5) is 13.0. The molecule has 3 heteroatoms. The maximum atomic E-state index is 13.0. The van der Waals surface area contributed by atoms with Crippen molar-refractivity contribution in [3.8, 4) is 16.9 Å². The first kappa shape index (κ1) is 18.5. The normalized spacial score (nSPS) is 14.8. The first-order valence-corrected chi connectivity index (χ1v) is 10.4. The van der Waals surface area contributed by atoms with E-state index in [-0.39, 0.29) is 5.91 Å². The van der Waals surface area contributed by atoms with Gasteiger partial charge in [-0.3, -0.25) is 4.79 Å². The fourth-order valence-electron chi connectivity index (χ4n) is 4.29. The third-order valence-corrected chi connectivity index (χ3v) is 5.85. The SMILES string of the molecule is Cc1c(C(=O)NCC2CCCCC2)cc(-c2ccccc2)n1-c1ccccc1. The number of rotatable bonds is 5. The van der Waals surface area contributed by atoms with Crippen LogP contribution in [0.3, 0.4) is 0 Å². The highest BCUT2D eigenvalue weighted by molar-refractivity contribution is 5.97. The molecule has 3 nitrogen and oxygen atoms in total. The Morgan fingerprint density at radius 3 is 2.29 bits per heavy atom. The molecule has 1 aliphatic rings. The van der Waals surface area contributed by atoms with Crippen molar-refractivity contribution in [3.05, 3.63) is 78.0 Å². The molecule has 144 valence electrons. The molecular formula is C25H28N2O. The van der Waals surface area contributed by atoms with Gasteiger partial charge in [-0.1, -0.05) is 67.8 Å². The Hall–Kier alpha value is -2.81. The van der Waals surface area contributed by atoms with E-state index in [1.165, 1.54) is 32.1 Å². The Labute approximate surface area is 167 Å². The zero-order valence-electron chi connectivity index (χ0n) is 16.5. The first-order chi connectivity index (χ1) is 13.7. The Morgan fingerprint density at radius 1 is 0.964 bits per heavy atom. The number of amides is 1. The van der Waals surface area contributed by atoms with E-state index in [1.54, 1.807) is 0 Å². The van der Waals surface area contributed by atoms with Gasteiger partial charge in [0.15, 0.2) is 0 Å². The Morgan fingerprint density at radius 2 is 1.61 bits per heavy atom. The van der Waals surface area contributed by atoms with Crippen molar-refractivity contribution < 1.29 is 4.79 Å². The minimum atomic E-state index is 0.0370. The molecule has 28 heavy (non-hydrogen) atoms. The molecule has 0 atom stereocenters. The Bertz CT molecular complexity index is 922. The van der Waals surface area contributed by atoms with Gasteiger partial charge in [-0.25, -0.2) is 0 Å². The van der Waals surface area contributed by atoms with Gasteiger partial charge in [-0.15, -0.1) is 0 Å². The van der Waals surface area contributed by atoms with Crippen molar-refractivity contribution in [2.75, 3.05) is 6.54 Å². The van der Waals surface area contributed by atoms with E-state index in [0.29, 0.717) is 5.92 Å². The van der Waals surface area contributed by atoms with Crippen molar-refractivity contribution >= 4 is 5.91 Å². The summed E-state index contributed by atoms with van der Waals surface area (Å²) in [5, 5.41) is 3.20. The van der Waals surface area contributed by atoms with Crippen LogP contribution in [0.15, 0.2) is 66.7 Å². The fourth-order valence-corrected chi connectivity index (χ4v) is 4.29. The van der Waals surface area contributed by atoms with Crippen LogP contribution in [0.25, 0.3) is 16.9 Å². The smallest absolute Gasteiger partial charge is 0.253 e. The highest BCUT2D eigenvalue weighted by Gasteiger charge is 2.21. The lowest BCUT2D eigenvalue weighted by molar-refractivity contribution is 0.0943. The van der Waals surface area contributed by atoms with Gasteiger partial charge in [0, 0.05) is 17.9 Å². The van der Waals surface area contributed by atoms with Gasteiger partial charge in [-0.2, -0.15) is 0 Å². The Balaban J connectivity index is 1.66. The van der Waals surface area contributed by atoms with E-state index in [9.17, 15) is 4.79 Å². The summed E-state index contributed by atoms with van der Waals surface area (Å²) in [5.74, 6) is 0.665. The highest BCUT2D eigenvalue weighted by atomic mass is 16.1. The lowest BCUT2D eigenvalue weighted by Gasteiger charge is -2.21. The molecule has 1 amide bonds. The van der Waals surface area contributed by atoms with Gasteiger partial charge in [0.05, 0.1) is 11.3 Å². The van der Waals surface area contributed by atoms with Crippen LogP contribution < -0.4 is 5.32 Å². The number of aromatic nitrogens is 1. The highest BCUT2D eigenvalue weighted by Crippen LogP contribution is 2.29. The van der Waals surface area contributed by atoms with Crippen molar-refractivity contribution in [2.45, 2.75) is 39.0 Å². The third-order valence-electron chi connectivity index (χ3n) is 5.85. The second-order valence-corrected chi connectivity index (χ2v) is 7.78. The maximum Gasteiger partial charge on any atom is 0.253 e. The minimum Gasteiger partial charge on any atom is -0.352 e. The molecule has 0 bridgehead atoms. The molecule has 0 spiro atoms. The molecule has 3 aromatic rings. The van der Waals surface area contributed by atoms with Crippen LogP contribution in [-0.2, 0) is 0 Å². The molecule has 1 N–H and O–H groups in total. The number of carbonyl (C=O) groups is 1. The lowest BCUT2D eigenvalue weighted by atomic mass is 9.89. The fraction of sp³-hybridized carbons (Fsp3) is 0.320. The zero-order chi connectivity index (χ0) is 19.3. The monoisotopic (exact) mass is 372 g/mol. The number of nitrogens with zero attached hydrogens (tertiary/aromatic N) is 1. The molecule has 0 saturated heterocycles. The largest absolute Gasteiger partial charge is 0.352 e. The van der Waals surface area contributed by atoms with Gasteiger partial charge < -0.3 is 9.88 Å². The summed E-state index contributed by atoms with van der Waals surface area (Å²) in [7, 11) is 0. The van der Waals surface area contributed by atoms with Gasteiger partial charge in [0.25, 0.3) is 5.91 Å². The van der Waals surface area contributed by atoms with Crippen LogP contribution in [0.5, 0.6) is 0 Å². The van der Waals surface area contributed by atoms with Crippen molar-refractivity contribution in [2.24, 2.45) is 5.92 Å². The van der Waals surface area contributed by atoms with E-state index >= 15 is 0 Å². The van der Waals surface area contributed by atoms with E-state index in [4.69, 9.17) is 0 Å². The number of hydrogen-bond acceptors (Lipinski definition) is 1. The second-order valence-electron chi connectivity index (χ2n) is 7.78. The lowest BCUT2D eigenvalue weighted by Crippen LogP contribution is -2.30. The summed E-state index contributed by atoms with van der Waals surface area (Å²) in [6.45, 7) is 2.82. The average Bonchev–Trinajstić information content (AvgIpc) is 3.11. The van der Waals surface area contributed by atoms with Gasteiger partial charge in [0.2, 0.25) is 0 Å². The number of para-hydroxylation sites is 1. The Kier molecular flexibility index (Phi) is 5.61. The van der Waals surface area contributed by atoms with Crippen LogP contribution in [0, 0.1) is 12.8 Å². The molecular weight excluding hydrogens is 344 g/mol. The summed E-state index contributed by atoms with van der Waals surface area (Å²) >= 11 is 0. The van der Waals surface area contributed by atoms with Gasteiger partial charge >= 0.3 is 0 Å². The van der Waals surface area contributed by atoms with Crippen molar-refractivity contribution in [3.63, 3.8) is 0 Å². The van der Waals surface area contributed by atoms with E-state index in [1.807, 2.05) is 49.4 Å². The second kappa shape index (κ2) is 8.47. The van der Waals surface area contributed by atoms with Crippen LogP contribution in [0.2, 0.25) is 0 Å².